The van der Waals surface area contributed by atoms with Crippen molar-refractivity contribution in [3.63, 3.8) is 0 Å². The molecular formula is C12H26N2O. The number of rotatable bonds is 9. The van der Waals surface area contributed by atoms with Crippen molar-refractivity contribution in [3.8, 4) is 0 Å². The van der Waals surface area contributed by atoms with Gasteiger partial charge in [-0.25, -0.2) is 0 Å². The van der Waals surface area contributed by atoms with Crippen LogP contribution in [0.3, 0.4) is 0 Å². The van der Waals surface area contributed by atoms with Gasteiger partial charge in [0, 0.05) is 32.8 Å². The molecular weight excluding hydrogens is 188 g/mol. The van der Waals surface area contributed by atoms with Crippen LogP contribution in [0.1, 0.15) is 26.7 Å². The molecule has 0 bridgehead atoms. The third-order valence-corrected chi connectivity index (χ3v) is 2.77. The van der Waals surface area contributed by atoms with Crippen molar-refractivity contribution in [1.82, 2.24) is 10.2 Å². The molecule has 1 N–H and O–H groups in total. The summed E-state index contributed by atoms with van der Waals surface area (Å²) in [5, 5.41) is 3.49. The van der Waals surface area contributed by atoms with E-state index in [9.17, 15) is 0 Å². The van der Waals surface area contributed by atoms with Crippen LogP contribution in [0.5, 0.6) is 0 Å². The Morgan fingerprint density at radius 3 is 2.60 bits per heavy atom. The largest absolute Gasteiger partial charge is 0.383 e. The maximum atomic E-state index is 5.13. The van der Waals surface area contributed by atoms with Gasteiger partial charge in [-0.15, -0.1) is 0 Å². The molecule has 0 radical (unpaired) electrons. The molecule has 1 aliphatic carbocycles. The highest BCUT2D eigenvalue weighted by molar-refractivity contribution is 4.84. The summed E-state index contributed by atoms with van der Waals surface area (Å²) in [6.45, 7) is 9.85. The van der Waals surface area contributed by atoms with Gasteiger partial charge in [-0.1, -0.05) is 13.8 Å². The van der Waals surface area contributed by atoms with Crippen molar-refractivity contribution in [2.45, 2.75) is 32.7 Å². The van der Waals surface area contributed by atoms with Crippen LogP contribution in [0, 0.1) is 5.92 Å². The van der Waals surface area contributed by atoms with Gasteiger partial charge in [-0.2, -0.15) is 0 Å². The average molecular weight is 214 g/mol. The van der Waals surface area contributed by atoms with Crippen molar-refractivity contribution >= 4 is 0 Å². The van der Waals surface area contributed by atoms with E-state index in [0.717, 1.165) is 38.2 Å². The van der Waals surface area contributed by atoms with E-state index >= 15 is 0 Å². The fraction of sp³-hybridized carbons (Fsp3) is 1.00. The lowest BCUT2D eigenvalue weighted by atomic mass is 10.2. The monoisotopic (exact) mass is 214 g/mol. The molecule has 3 nitrogen and oxygen atoms in total. The van der Waals surface area contributed by atoms with Crippen LogP contribution in [0.2, 0.25) is 0 Å². The molecule has 1 fully saturated rings. The zero-order valence-corrected chi connectivity index (χ0v) is 10.5. The highest BCUT2D eigenvalue weighted by Crippen LogP contribution is 2.25. The SMILES string of the molecule is COCCN(CCNCC(C)C)C1CC1. The summed E-state index contributed by atoms with van der Waals surface area (Å²) in [7, 11) is 1.78. The molecule has 1 aliphatic rings. The van der Waals surface area contributed by atoms with Crippen molar-refractivity contribution in [1.29, 1.82) is 0 Å². The van der Waals surface area contributed by atoms with Crippen LogP contribution < -0.4 is 5.32 Å². The predicted octanol–water partition coefficient (Wildman–Crippen LogP) is 1.34. The molecule has 90 valence electrons. The van der Waals surface area contributed by atoms with Gasteiger partial charge in [-0.05, 0) is 25.3 Å². The Kier molecular flexibility index (Phi) is 6.22. The molecule has 0 amide bonds. The molecule has 0 unspecified atom stereocenters. The van der Waals surface area contributed by atoms with Gasteiger partial charge in [-0.3, -0.25) is 4.90 Å². The Labute approximate surface area is 94.2 Å². The highest BCUT2D eigenvalue weighted by Gasteiger charge is 2.27. The summed E-state index contributed by atoms with van der Waals surface area (Å²) in [4.78, 5) is 2.55. The third kappa shape index (κ3) is 6.13. The summed E-state index contributed by atoms with van der Waals surface area (Å²) in [6, 6.07) is 0.848. The van der Waals surface area contributed by atoms with Gasteiger partial charge in [0.25, 0.3) is 0 Å². The van der Waals surface area contributed by atoms with Crippen LogP contribution >= 0.6 is 0 Å². The molecule has 3 heteroatoms. The van der Waals surface area contributed by atoms with E-state index < -0.39 is 0 Å². The quantitative estimate of drug-likeness (QED) is 0.586. The van der Waals surface area contributed by atoms with E-state index in [-0.39, 0.29) is 0 Å². The molecule has 1 saturated carbocycles. The molecule has 0 aromatic heterocycles. The lowest BCUT2D eigenvalue weighted by Gasteiger charge is -2.21. The Balaban J connectivity index is 2.03. The van der Waals surface area contributed by atoms with Gasteiger partial charge in [0.05, 0.1) is 6.61 Å². The van der Waals surface area contributed by atoms with Crippen molar-refractivity contribution < 1.29 is 4.74 Å². The second-order valence-electron chi connectivity index (χ2n) is 4.86. The van der Waals surface area contributed by atoms with Gasteiger partial charge >= 0.3 is 0 Å². The van der Waals surface area contributed by atoms with Crippen LogP contribution in [-0.4, -0.2) is 50.8 Å². The summed E-state index contributed by atoms with van der Waals surface area (Å²) >= 11 is 0. The molecule has 0 heterocycles. The molecule has 1 rings (SSSR count). The maximum absolute atomic E-state index is 5.13. The first-order valence-electron chi connectivity index (χ1n) is 6.17. The van der Waals surface area contributed by atoms with Gasteiger partial charge in [0.1, 0.15) is 0 Å². The van der Waals surface area contributed by atoms with Crippen molar-refractivity contribution in [3.05, 3.63) is 0 Å². The van der Waals surface area contributed by atoms with E-state index in [1.165, 1.54) is 19.4 Å². The molecule has 0 aromatic carbocycles. The lowest BCUT2D eigenvalue weighted by Crippen LogP contribution is -2.36. The number of hydrogen-bond donors (Lipinski definition) is 1. The molecule has 0 aliphatic heterocycles. The standard InChI is InChI=1S/C12H26N2O/c1-11(2)10-13-6-7-14(8-9-15-3)12-4-5-12/h11-13H,4-10H2,1-3H3. The fourth-order valence-electron chi connectivity index (χ4n) is 1.74. The van der Waals surface area contributed by atoms with E-state index in [0.29, 0.717) is 0 Å². The topological polar surface area (TPSA) is 24.5 Å². The molecule has 0 spiro atoms. The lowest BCUT2D eigenvalue weighted by molar-refractivity contribution is 0.143. The summed E-state index contributed by atoms with van der Waals surface area (Å²) in [5.74, 6) is 0.748. The Morgan fingerprint density at radius 2 is 2.07 bits per heavy atom. The molecule has 15 heavy (non-hydrogen) atoms. The zero-order chi connectivity index (χ0) is 11.1. The number of hydrogen-bond acceptors (Lipinski definition) is 3. The summed E-state index contributed by atoms with van der Waals surface area (Å²) in [6.07, 6.45) is 2.77. The van der Waals surface area contributed by atoms with Crippen LogP contribution in [-0.2, 0) is 4.74 Å². The second kappa shape index (κ2) is 7.20. The van der Waals surface area contributed by atoms with E-state index in [1.807, 2.05) is 0 Å². The molecule has 0 saturated heterocycles. The molecule has 0 aromatic rings. The predicted molar refractivity (Wildman–Crippen MR) is 64.2 cm³/mol. The number of methoxy groups -OCH3 is 1. The number of ether oxygens (including phenoxy) is 1. The smallest absolute Gasteiger partial charge is 0.0589 e. The summed E-state index contributed by atoms with van der Waals surface area (Å²) in [5.41, 5.74) is 0. The Bertz CT molecular complexity index is 158. The first-order valence-corrected chi connectivity index (χ1v) is 6.17. The number of nitrogens with one attached hydrogen (secondary N) is 1. The minimum absolute atomic E-state index is 0.748. The van der Waals surface area contributed by atoms with Crippen LogP contribution in [0.15, 0.2) is 0 Å². The fourth-order valence-corrected chi connectivity index (χ4v) is 1.74. The first kappa shape index (κ1) is 12.9. The van der Waals surface area contributed by atoms with Gasteiger partial charge in [0.15, 0.2) is 0 Å². The third-order valence-electron chi connectivity index (χ3n) is 2.77. The van der Waals surface area contributed by atoms with E-state index in [2.05, 4.69) is 24.1 Å². The van der Waals surface area contributed by atoms with Crippen LogP contribution in [0.25, 0.3) is 0 Å². The normalized spacial score (nSPS) is 16.6. The minimum Gasteiger partial charge on any atom is -0.383 e. The molecule has 0 atom stereocenters. The average Bonchev–Trinajstić information content (AvgIpc) is 3.00. The minimum atomic E-state index is 0.748. The van der Waals surface area contributed by atoms with Gasteiger partial charge in [0.2, 0.25) is 0 Å². The second-order valence-corrected chi connectivity index (χ2v) is 4.86. The van der Waals surface area contributed by atoms with E-state index in [4.69, 9.17) is 4.74 Å². The summed E-state index contributed by atoms with van der Waals surface area (Å²) < 4.78 is 5.13. The van der Waals surface area contributed by atoms with Crippen molar-refractivity contribution in [2.75, 3.05) is 39.9 Å². The highest BCUT2D eigenvalue weighted by atomic mass is 16.5. The Morgan fingerprint density at radius 1 is 1.33 bits per heavy atom. The van der Waals surface area contributed by atoms with Gasteiger partial charge < -0.3 is 10.1 Å². The first-order chi connectivity index (χ1) is 7.24. The van der Waals surface area contributed by atoms with Crippen LogP contribution in [0.4, 0.5) is 0 Å². The number of nitrogens with zero attached hydrogens (tertiary/aromatic N) is 1. The van der Waals surface area contributed by atoms with E-state index in [1.54, 1.807) is 7.11 Å². The Hall–Kier alpha value is -0.120. The van der Waals surface area contributed by atoms with Crippen molar-refractivity contribution in [2.24, 2.45) is 5.92 Å². The maximum Gasteiger partial charge on any atom is 0.0589 e. The zero-order valence-electron chi connectivity index (χ0n) is 10.5.